The third-order valence-corrected chi connectivity index (χ3v) is 1.80. The molecule has 3 nitrogen and oxygen atoms in total. The topological polar surface area (TPSA) is 46.3 Å². The number of hydrogen-bond acceptors (Lipinski definition) is 2. The van der Waals surface area contributed by atoms with E-state index in [1.54, 1.807) is 4.90 Å². The van der Waals surface area contributed by atoms with Gasteiger partial charge in [-0.05, 0) is 19.8 Å². The third-order valence-electron chi connectivity index (χ3n) is 1.80. The third kappa shape index (κ3) is 5.13. The maximum Gasteiger partial charge on any atom is 0.222 e. The molecule has 0 saturated carbocycles. The Bertz CT molecular complexity index is 134. The van der Waals surface area contributed by atoms with Crippen LogP contribution in [0.25, 0.3) is 0 Å². The van der Waals surface area contributed by atoms with Crippen LogP contribution in [0.5, 0.6) is 0 Å². The summed E-state index contributed by atoms with van der Waals surface area (Å²) >= 11 is 0. The van der Waals surface area contributed by atoms with Gasteiger partial charge in [0.25, 0.3) is 0 Å². The molecule has 0 aliphatic heterocycles. The maximum atomic E-state index is 11.3. The van der Waals surface area contributed by atoms with E-state index < -0.39 is 0 Å². The van der Waals surface area contributed by atoms with E-state index in [0.29, 0.717) is 6.42 Å². The van der Waals surface area contributed by atoms with Gasteiger partial charge in [0.15, 0.2) is 0 Å². The zero-order chi connectivity index (χ0) is 9.56. The second-order valence-corrected chi connectivity index (χ2v) is 3.33. The normalized spacial score (nSPS) is 12.7. The van der Waals surface area contributed by atoms with Crippen molar-refractivity contribution in [2.75, 3.05) is 13.6 Å². The predicted molar refractivity (Wildman–Crippen MR) is 50.8 cm³/mol. The molecule has 0 fully saturated rings. The number of carbonyl (C=O) groups excluding carboxylic acids is 1. The van der Waals surface area contributed by atoms with Crippen LogP contribution in [0.15, 0.2) is 0 Å². The Balaban J connectivity index is 3.57. The summed E-state index contributed by atoms with van der Waals surface area (Å²) in [5.41, 5.74) is 5.54. The number of hydrogen-bond donors (Lipinski definition) is 1. The molecule has 0 aromatic carbocycles. The first kappa shape index (κ1) is 11.4. The van der Waals surface area contributed by atoms with Crippen molar-refractivity contribution in [3.8, 4) is 0 Å². The van der Waals surface area contributed by atoms with Gasteiger partial charge in [-0.15, -0.1) is 0 Å². The van der Waals surface area contributed by atoms with E-state index in [4.69, 9.17) is 5.73 Å². The first-order chi connectivity index (χ1) is 5.57. The van der Waals surface area contributed by atoms with Gasteiger partial charge in [0, 0.05) is 26.1 Å². The highest BCUT2D eigenvalue weighted by Gasteiger charge is 2.07. The standard InChI is InChI=1S/C9H20N2O/c1-4-7-11(3)9(12)6-5-8(2)10/h8H,4-7,10H2,1-3H3. The van der Waals surface area contributed by atoms with E-state index in [9.17, 15) is 4.79 Å². The molecule has 72 valence electrons. The van der Waals surface area contributed by atoms with Gasteiger partial charge in [0.05, 0.1) is 0 Å². The van der Waals surface area contributed by atoms with Crippen LogP contribution in [0.1, 0.15) is 33.1 Å². The number of amides is 1. The van der Waals surface area contributed by atoms with Crippen molar-refractivity contribution in [2.24, 2.45) is 5.73 Å². The number of nitrogens with zero attached hydrogens (tertiary/aromatic N) is 1. The Morgan fingerprint density at radius 2 is 2.17 bits per heavy atom. The van der Waals surface area contributed by atoms with E-state index >= 15 is 0 Å². The van der Waals surface area contributed by atoms with Crippen LogP contribution in [-0.2, 0) is 4.79 Å². The summed E-state index contributed by atoms with van der Waals surface area (Å²) < 4.78 is 0. The van der Waals surface area contributed by atoms with Gasteiger partial charge in [0.1, 0.15) is 0 Å². The molecule has 1 unspecified atom stereocenters. The molecule has 2 N–H and O–H groups in total. The summed E-state index contributed by atoms with van der Waals surface area (Å²) in [7, 11) is 1.84. The predicted octanol–water partition coefficient (Wildman–Crippen LogP) is 0.982. The van der Waals surface area contributed by atoms with Crippen molar-refractivity contribution in [3.63, 3.8) is 0 Å². The van der Waals surface area contributed by atoms with Crippen LogP contribution in [0.4, 0.5) is 0 Å². The fourth-order valence-electron chi connectivity index (χ4n) is 1.00. The second-order valence-electron chi connectivity index (χ2n) is 3.33. The molecular weight excluding hydrogens is 152 g/mol. The molecular formula is C9H20N2O. The maximum absolute atomic E-state index is 11.3. The van der Waals surface area contributed by atoms with Crippen LogP contribution in [0.2, 0.25) is 0 Å². The van der Waals surface area contributed by atoms with Crippen LogP contribution >= 0.6 is 0 Å². The minimum absolute atomic E-state index is 0.129. The summed E-state index contributed by atoms with van der Waals surface area (Å²) in [6, 6.07) is 0.129. The summed E-state index contributed by atoms with van der Waals surface area (Å²) in [6.07, 6.45) is 2.38. The van der Waals surface area contributed by atoms with Crippen LogP contribution < -0.4 is 5.73 Å². The molecule has 0 heterocycles. The molecule has 0 saturated heterocycles. The summed E-state index contributed by atoms with van der Waals surface area (Å²) in [5.74, 6) is 0.203. The highest BCUT2D eigenvalue weighted by Crippen LogP contribution is 1.98. The van der Waals surface area contributed by atoms with Gasteiger partial charge in [-0.2, -0.15) is 0 Å². The lowest BCUT2D eigenvalue weighted by atomic mass is 10.2. The Labute approximate surface area is 74.9 Å². The Hall–Kier alpha value is -0.570. The average Bonchev–Trinajstić information content (AvgIpc) is 2.00. The van der Waals surface area contributed by atoms with Crippen molar-refractivity contribution in [2.45, 2.75) is 39.2 Å². The zero-order valence-corrected chi connectivity index (χ0v) is 8.34. The molecule has 0 radical (unpaired) electrons. The molecule has 0 aromatic rings. The minimum Gasteiger partial charge on any atom is -0.346 e. The van der Waals surface area contributed by atoms with E-state index in [0.717, 1.165) is 19.4 Å². The number of carbonyl (C=O) groups is 1. The number of nitrogens with two attached hydrogens (primary N) is 1. The van der Waals surface area contributed by atoms with E-state index in [-0.39, 0.29) is 11.9 Å². The van der Waals surface area contributed by atoms with Gasteiger partial charge in [0.2, 0.25) is 5.91 Å². The van der Waals surface area contributed by atoms with Crippen molar-refractivity contribution < 1.29 is 4.79 Å². The van der Waals surface area contributed by atoms with E-state index in [1.807, 2.05) is 14.0 Å². The molecule has 0 spiro atoms. The Morgan fingerprint density at radius 1 is 1.58 bits per heavy atom. The first-order valence-corrected chi connectivity index (χ1v) is 4.57. The molecule has 0 aromatic heterocycles. The molecule has 0 aliphatic carbocycles. The van der Waals surface area contributed by atoms with Crippen molar-refractivity contribution >= 4 is 5.91 Å². The fourth-order valence-corrected chi connectivity index (χ4v) is 1.00. The fraction of sp³-hybridized carbons (Fsp3) is 0.889. The smallest absolute Gasteiger partial charge is 0.222 e. The zero-order valence-electron chi connectivity index (χ0n) is 8.34. The molecule has 0 aliphatic rings. The summed E-state index contributed by atoms with van der Waals surface area (Å²) in [5, 5.41) is 0. The highest BCUT2D eigenvalue weighted by molar-refractivity contribution is 5.75. The summed E-state index contributed by atoms with van der Waals surface area (Å²) in [4.78, 5) is 13.1. The van der Waals surface area contributed by atoms with Crippen molar-refractivity contribution in [1.82, 2.24) is 4.90 Å². The lowest BCUT2D eigenvalue weighted by molar-refractivity contribution is -0.130. The summed E-state index contributed by atoms with van der Waals surface area (Å²) in [6.45, 7) is 4.83. The van der Waals surface area contributed by atoms with Crippen LogP contribution in [-0.4, -0.2) is 30.4 Å². The van der Waals surface area contributed by atoms with Crippen LogP contribution in [0, 0.1) is 0 Å². The first-order valence-electron chi connectivity index (χ1n) is 4.57. The van der Waals surface area contributed by atoms with Gasteiger partial charge in [-0.1, -0.05) is 6.92 Å². The largest absolute Gasteiger partial charge is 0.346 e. The molecule has 1 amide bonds. The lowest BCUT2D eigenvalue weighted by Crippen LogP contribution is -2.28. The van der Waals surface area contributed by atoms with E-state index in [2.05, 4.69) is 6.92 Å². The Kier molecular flexibility index (Phi) is 5.72. The number of rotatable bonds is 5. The Morgan fingerprint density at radius 3 is 2.58 bits per heavy atom. The van der Waals surface area contributed by atoms with Crippen LogP contribution in [0.3, 0.4) is 0 Å². The van der Waals surface area contributed by atoms with Gasteiger partial charge in [-0.25, -0.2) is 0 Å². The minimum atomic E-state index is 0.129. The van der Waals surface area contributed by atoms with Crippen molar-refractivity contribution in [3.05, 3.63) is 0 Å². The molecule has 0 bridgehead atoms. The molecule has 12 heavy (non-hydrogen) atoms. The molecule has 0 rings (SSSR count). The van der Waals surface area contributed by atoms with E-state index in [1.165, 1.54) is 0 Å². The lowest BCUT2D eigenvalue weighted by Gasteiger charge is -2.16. The van der Waals surface area contributed by atoms with Gasteiger partial charge < -0.3 is 10.6 Å². The second kappa shape index (κ2) is 6.00. The SMILES string of the molecule is CCCN(C)C(=O)CCC(C)N. The van der Waals surface area contributed by atoms with Gasteiger partial charge in [-0.3, -0.25) is 4.79 Å². The quantitative estimate of drug-likeness (QED) is 0.672. The van der Waals surface area contributed by atoms with Gasteiger partial charge >= 0.3 is 0 Å². The van der Waals surface area contributed by atoms with Crippen molar-refractivity contribution in [1.29, 1.82) is 0 Å². The molecule has 1 atom stereocenters. The molecule has 3 heteroatoms. The average molecular weight is 172 g/mol. The highest BCUT2D eigenvalue weighted by atomic mass is 16.2. The monoisotopic (exact) mass is 172 g/mol.